The lowest BCUT2D eigenvalue weighted by atomic mass is 9.80. The van der Waals surface area contributed by atoms with Crippen LogP contribution in [0.3, 0.4) is 0 Å². The van der Waals surface area contributed by atoms with Gasteiger partial charge in [0.2, 0.25) is 0 Å². The van der Waals surface area contributed by atoms with E-state index in [4.69, 9.17) is 4.74 Å². The number of ether oxygens (including phenoxy) is 1. The van der Waals surface area contributed by atoms with E-state index >= 15 is 0 Å². The number of hydrogen-bond donors (Lipinski definition) is 1. The highest BCUT2D eigenvalue weighted by Crippen LogP contribution is 2.50. The summed E-state index contributed by atoms with van der Waals surface area (Å²) in [6.07, 6.45) is 2.25. The SMILES string of the molecule is CCC(C)c1ccc2c(c1)C1OCCC1C(c1cccc(F)c1)N2. The van der Waals surface area contributed by atoms with Gasteiger partial charge in [-0.1, -0.05) is 38.1 Å². The average molecular weight is 325 g/mol. The average Bonchev–Trinajstić information content (AvgIpc) is 3.10. The molecule has 1 saturated heterocycles. The molecule has 3 heteroatoms. The first-order valence-electron chi connectivity index (χ1n) is 8.95. The number of halogens is 1. The van der Waals surface area contributed by atoms with Crippen molar-refractivity contribution in [1.29, 1.82) is 0 Å². The summed E-state index contributed by atoms with van der Waals surface area (Å²) >= 11 is 0. The summed E-state index contributed by atoms with van der Waals surface area (Å²) < 4.78 is 19.8. The molecule has 2 aliphatic rings. The van der Waals surface area contributed by atoms with E-state index in [1.165, 1.54) is 17.2 Å². The zero-order valence-electron chi connectivity index (χ0n) is 14.3. The Morgan fingerprint density at radius 3 is 2.92 bits per heavy atom. The van der Waals surface area contributed by atoms with Gasteiger partial charge >= 0.3 is 0 Å². The predicted octanol–water partition coefficient (Wildman–Crippen LogP) is 5.58. The van der Waals surface area contributed by atoms with E-state index in [0.29, 0.717) is 11.8 Å². The van der Waals surface area contributed by atoms with E-state index in [1.54, 1.807) is 12.1 Å². The van der Waals surface area contributed by atoms with Gasteiger partial charge in [0.25, 0.3) is 0 Å². The summed E-state index contributed by atoms with van der Waals surface area (Å²) in [5.41, 5.74) is 4.77. The Morgan fingerprint density at radius 1 is 1.25 bits per heavy atom. The minimum absolute atomic E-state index is 0.107. The van der Waals surface area contributed by atoms with E-state index in [-0.39, 0.29) is 18.0 Å². The van der Waals surface area contributed by atoms with Crippen molar-refractivity contribution in [1.82, 2.24) is 0 Å². The molecular formula is C21H24FNO. The summed E-state index contributed by atoms with van der Waals surface area (Å²) in [4.78, 5) is 0. The molecule has 2 aromatic carbocycles. The van der Waals surface area contributed by atoms with Crippen LogP contribution in [0.25, 0.3) is 0 Å². The minimum atomic E-state index is -0.178. The lowest BCUT2D eigenvalue weighted by molar-refractivity contribution is 0.0828. The monoisotopic (exact) mass is 325 g/mol. The third-order valence-electron chi connectivity index (χ3n) is 5.65. The lowest BCUT2D eigenvalue weighted by Crippen LogP contribution is -2.29. The zero-order valence-corrected chi connectivity index (χ0v) is 14.3. The molecule has 0 aliphatic carbocycles. The van der Waals surface area contributed by atoms with Crippen LogP contribution >= 0.6 is 0 Å². The maximum Gasteiger partial charge on any atom is 0.123 e. The van der Waals surface area contributed by atoms with Crippen molar-refractivity contribution in [3.63, 3.8) is 0 Å². The van der Waals surface area contributed by atoms with Crippen LogP contribution in [0.2, 0.25) is 0 Å². The van der Waals surface area contributed by atoms with Crippen LogP contribution in [0.1, 0.15) is 61.4 Å². The highest BCUT2D eigenvalue weighted by atomic mass is 19.1. The largest absolute Gasteiger partial charge is 0.378 e. The Balaban J connectivity index is 1.74. The Kier molecular flexibility index (Phi) is 4.05. The fourth-order valence-electron chi connectivity index (χ4n) is 4.06. The van der Waals surface area contributed by atoms with E-state index in [0.717, 1.165) is 30.7 Å². The molecule has 126 valence electrons. The van der Waals surface area contributed by atoms with Crippen LogP contribution in [0.4, 0.5) is 10.1 Å². The van der Waals surface area contributed by atoms with Crippen molar-refractivity contribution < 1.29 is 9.13 Å². The third-order valence-corrected chi connectivity index (χ3v) is 5.65. The topological polar surface area (TPSA) is 21.3 Å². The van der Waals surface area contributed by atoms with Gasteiger partial charge in [-0.05, 0) is 48.1 Å². The fourth-order valence-corrected chi connectivity index (χ4v) is 4.06. The molecule has 2 aromatic rings. The molecule has 4 atom stereocenters. The van der Waals surface area contributed by atoms with E-state index < -0.39 is 0 Å². The van der Waals surface area contributed by atoms with Gasteiger partial charge in [0.05, 0.1) is 12.1 Å². The Labute approximate surface area is 143 Å². The highest BCUT2D eigenvalue weighted by molar-refractivity contribution is 5.58. The summed E-state index contributed by atoms with van der Waals surface area (Å²) in [5, 5.41) is 3.65. The van der Waals surface area contributed by atoms with Crippen LogP contribution in [-0.2, 0) is 4.74 Å². The second kappa shape index (κ2) is 6.21. The van der Waals surface area contributed by atoms with Crippen LogP contribution in [-0.4, -0.2) is 6.61 Å². The number of nitrogens with one attached hydrogen (secondary N) is 1. The maximum atomic E-state index is 13.7. The van der Waals surface area contributed by atoms with Gasteiger partial charge in [-0.2, -0.15) is 0 Å². The number of fused-ring (bicyclic) bond motifs is 3. The first-order chi connectivity index (χ1) is 11.7. The number of hydrogen-bond acceptors (Lipinski definition) is 2. The van der Waals surface area contributed by atoms with Gasteiger partial charge < -0.3 is 10.1 Å². The third kappa shape index (κ3) is 2.61. The molecule has 4 rings (SSSR count). The van der Waals surface area contributed by atoms with E-state index in [9.17, 15) is 4.39 Å². The Hall–Kier alpha value is -1.87. The van der Waals surface area contributed by atoms with Crippen molar-refractivity contribution in [2.75, 3.05) is 11.9 Å². The van der Waals surface area contributed by atoms with Gasteiger partial charge in [0.1, 0.15) is 5.82 Å². The van der Waals surface area contributed by atoms with Crippen LogP contribution < -0.4 is 5.32 Å². The molecule has 2 aliphatic heterocycles. The highest BCUT2D eigenvalue weighted by Gasteiger charge is 2.41. The molecule has 0 saturated carbocycles. The van der Waals surface area contributed by atoms with Crippen LogP contribution in [0.5, 0.6) is 0 Å². The zero-order chi connectivity index (χ0) is 16.7. The fraction of sp³-hybridized carbons (Fsp3) is 0.429. The summed E-state index contributed by atoms with van der Waals surface area (Å²) in [6.45, 7) is 5.26. The van der Waals surface area contributed by atoms with Gasteiger partial charge in [0.15, 0.2) is 0 Å². The van der Waals surface area contributed by atoms with Crippen LogP contribution in [0, 0.1) is 11.7 Å². The Bertz CT molecular complexity index is 744. The van der Waals surface area contributed by atoms with E-state index in [2.05, 4.69) is 37.4 Å². The minimum Gasteiger partial charge on any atom is -0.378 e. The van der Waals surface area contributed by atoms with Crippen molar-refractivity contribution in [2.45, 2.75) is 44.8 Å². The summed E-state index contributed by atoms with van der Waals surface area (Å²) in [7, 11) is 0. The molecule has 0 amide bonds. The number of benzene rings is 2. The van der Waals surface area contributed by atoms with Crippen molar-refractivity contribution in [3.05, 3.63) is 65.0 Å². The molecule has 1 N–H and O–H groups in total. The Morgan fingerprint density at radius 2 is 2.12 bits per heavy atom. The van der Waals surface area contributed by atoms with Gasteiger partial charge in [-0.25, -0.2) is 4.39 Å². The van der Waals surface area contributed by atoms with Gasteiger partial charge in [-0.15, -0.1) is 0 Å². The molecular weight excluding hydrogens is 301 g/mol. The predicted molar refractivity (Wildman–Crippen MR) is 94.7 cm³/mol. The molecule has 1 fully saturated rings. The number of rotatable bonds is 3. The first kappa shape index (κ1) is 15.6. The second-order valence-electron chi connectivity index (χ2n) is 7.08. The van der Waals surface area contributed by atoms with Gasteiger partial charge in [0, 0.05) is 23.8 Å². The molecule has 0 aromatic heterocycles. The molecule has 0 bridgehead atoms. The molecule has 2 nitrogen and oxygen atoms in total. The maximum absolute atomic E-state index is 13.7. The first-order valence-corrected chi connectivity index (χ1v) is 8.95. The molecule has 24 heavy (non-hydrogen) atoms. The summed E-state index contributed by atoms with van der Waals surface area (Å²) in [6, 6.07) is 13.7. The smallest absolute Gasteiger partial charge is 0.123 e. The van der Waals surface area contributed by atoms with Crippen molar-refractivity contribution in [2.24, 2.45) is 5.92 Å². The molecule has 4 unspecified atom stereocenters. The lowest BCUT2D eigenvalue weighted by Gasteiger charge is -2.37. The quantitative estimate of drug-likeness (QED) is 0.795. The number of anilines is 1. The normalized spacial score (nSPS) is 26.4. The van der Waals surface area contributed by atoms with Gasteiger partial charge in [-0.3, -0.25) is 0 Å². The molecule has 0 radical (unpaired) electrons. The van der Waals surface area contributed by atoms with Crippen LogP contribution in [0.15, 0.2) is 42.5 Å². The second-order valence-corrected chi connectivity index (χ2v) is 7.08. The van der Waals surface area contributed by atoms with Crippen molar-refractivity contribution >= 4 is 5.69 Å². The van der Waals surface area contributed by atoms with Crippen molar-refractivity contribution in [3.8, 4) is 0 Å². The summed E-state index contributed by atoms with van der Waals surface area (Å²) in [5.74, 6) is 0.727. The molecule has 0 spiro atoms. The van der Waals surface area contributed by atoms with E-state index in [1.807, 2.05) is 6.07 Å². The molecule has 2 heterocycles. The standard InChI is InChI=1S/C21H24FNO/c1-3-13(2)14-7-8-19-18(12-14)21-17(9-10-24-21)20(23-19)15-5-4-6-16(22)11-15/h4-8,11-13,17,20-21,23H,3,9-10H2,1-2H3.